The van der Waals surface area contributed by atoms with Crippen LogP contribution in [0.4, 0.5) is 0 Å². The van der Waals surface area contributed by atoms with Crippen LogP contribution in [-0.4, -0.2) is 18.0 Å². The van der Waals surface area contributed by atoms with Crippen LogP contribution >= 0.6 is 19.2 Å². The molecule has 1 aliphatic heterocycles. The fourth-order valence-corrected chi connectivity index (χ4v) is 6.77. The minimum absolute atomic E-state index is 0.0716. The molecule has 1 atom stereocenters. The normalized spacial score (nSPS) is 19.5. The van der Waals surface area contributed by atoms with E-state index < -0.39 is 7.14 Å². The maximum Gasteiger partial charge on any atom is 0.149 e. The van der Waals surface area contributed by atoms with E-state index in [2.05, 4.69) is 0 Å². The Morgan fingerprint density at radius 2 is 1.47 bits per heavy atom. The van der Waals surface area contributed by atoms with Gasteiger partial charge < -0.3 is 8.75 Å². The van der Waals surface area contributed by atoms with Crippen molar-refractivity contribution >= 4 is 29.8 Å². The van der Waals surface area contributed by atoms with Crippen LogP contribution in [0.25, 0.3) is 0 Å². The molecule has 4 heteroatoms. The zero-order chi connectivity index (χ0) is 13.1. The van der Waals surface area contributed by atoms with Gasteiger partial charge >= 0.3 is 0 Å². The molecule has 2 aromatic carbocycles. The topological polar surface area (TPSA) is 26.3 Å². The molecule has 1 aliphatic rings. The zero-order valence-electron chi connectivity index (χ0n) is 10.4. The lowest BCUT2D eigenvalue weighted by molar-refractivity contribution is 0.403. The molecule has 98 valence electrons. The fraction of sp³-hybridized carbons (Fsp3) is 0.200. The summed E-state index contributed by atoms with van der Waals surface area (Å²) in [5, 5.41) is 1.86. The quantitative estimate of drug-likeness (QED) is 0.642. The Labute approximate surface area is 117 Å². The third-order valence-corrected chi connectivity index (χ3v) is 7.98. The molecule has 0 aliphatic carbocycles. The van der Waals surface area contributed by atoms with Crippen molar-refractivity contribution in [2.24, 2.45) is 0 Å². The SMILES string of the molecule is O=P(c1ccccc1)(c1ccccc1)C1COSC1. The van der Waals surface area contributed by atoms with Gasteiger partial charge in [-0.3, -0.25) is 0 Å². The Morgan fingerprint density at radius 3 is 1.89 bits per heavy atom. The van der Waals surface area contributed by atoms with Crippen LogP contribution in [0.15, 0.2) is 60.7 Å². The second-order valence-corrected chi connectivity index (χ2v) is 8.44. The van der Waals surface area contributed by atoms with Gasteiger partial charge in [0, 0.05) is 16.4 Å². The van der Waals surface area contributed by atoms with Crippen LogP contribution in [0, 0.1) is 0 Å². The Balaban J connectivity index is 2.13. The van der Waals surface area contributed by atoms with E-state index in [4.69, 9.17) is 4.18 Å². The highest BCUT2D eigenvalue weighted by Gasteiger charge is 2.39. The monoisotopic (exact) mass is 290 g/mol. The number of rotatable bonds is 3. The van der Waals surface area contributed by atoms with Crippen LogP contribution in [-0.2, 0) is 8.75 Å². The van der Waals surface area contributed by atoms with Gasteiger partial charge in [0.05, 0.1) is 12.3 Å². The van der Waals surface area contributed by atoms with Crippen molar-refractivity contribution in [2.75, 3.05) is 12.4 Å². The van der Waals surface area contributed by atoms with Gasteiger partial charge in [-0.15, -0.1) is 0 Å². The van der Waals surface area contributed by atoms with Crippen molar-refractivity contribution in [1.29, 1.82) is 0 Å². The van der Waals surface area contributed by atoms with E-state index >= 15 is 0 Å². The van der Waals surface area contributed by atoms with Gasteiger partial charge in [-0.1, -0.05) is 60.7 Å². The standard InChI is InChI=1S/C15H15O2PS/c16-18(15-11-17-19-12-15,13-7-3-1-4-8-13)14-9-5-2-6-10-14/h1-10,15H,11-12H2. The summed E-state index contributed by atoms with van der Waals surface area (Å²) in [7, 11) is -2.62. The molecule has 0 aromatic heterocycles. The van der Waals surface area contributed by atoms with E-state index in [1.807, 2.05) is 60.7 Å². The minimum Gasteiger partial charge on any atom is -0.314 e. The summed E-state index contributed by atoms with van der Waals surface area (Å²) in [5.41, 5.74) is 0.0716. The van der Waals surface area contributed by atoms with E-state index in [9.17, 15) is 4.57 Å². The summed E-state index contributed by atoms with van der Waals surface area (Å²) >= 11 is 1.43. The number of hydrogen-bond acceptors (Lipinski definition) is 3. The van der Waals surface area contributed by atoms with Crippen molar-refractivity contribution < 1.29 is 8.75 Å². The smallest absolute Gasteiger partial charge is 0.149 e. The molecule has 0 radical (unpaired) electrons. The van der Waals surface area contributed by atoms with Crippen LogP contribution in [0.1, 0.15) is 0 Å². The first-order valence-corrected chi connectivity index (χ1v) is 8.96. The van der Waals surface area contributed by atoms with Gasteiger partial charge in [0.15, 0.2) is 0 Å². The first kappa shape index (κ1) is 13.0. The molecule has 1 unspecified atom stereocenters. The molecular weight excluding hydrogens is 275 g/mol. The van der Waals surface area contributed by atoms with Crippen molar-refractivity contribution in [3.8, 4) is 0 Å². The summed E-state index contributed by atoms with van der Waals surface area (Å²) in [5.74, 6) is 0.793. The summed E-state index contributed by atoms with van der Waals surface area (Å²) in [6.07, 6.45) is 0. The molecule has 1 fully saturated rings. The molecular formula is C15H15O2PS. The van der Waals surface area contributed by atoms with Crippen molar-refractivity contribution in [1.82, 2.24) is 0 Å². The van der Waals surface area contributed by atoms with Gasteiger partial charge in [0.1, 0.15) is 7.14 Å². The van der Waals surface area contributed by atoms with Crippen LogP contribution in [0.2, 0.25) is 0 Å². The first-order chi connectivity index (χ1) is 9.32. The van der Waals surface area contributed by atoms with Gasteiger partial charge in [0.2, 0.25) is 0 Å². The third kappa shape index (κ3) is 2.38. The van der Waals surface area contributed by atoms with Crippen LogP contribution in [0.5, 0.6) is 0 Å². The van der Waals surface area contributed by atoms with Crippen LogP contribution in [0.3, 0.4) is 0 Å². The zero-order valence-corrected chi connectivity index (χ0v) is 12.1. The lowest BCUT2D eigenvalue weighted by Crippen LogP contribution is -2.27. The highest BCUT2D eigenvalue weighted by atomic mass is 32.2. The van der Waals surface area contributed by atoms with E-state index in [0.29, 0.717) is 6.61 Å². The fourth-order valence-electron chi connectivity index (χ4n) is 2.38. The average Bonchev–Trinajstić information content (AvgIpc) is 3.03. The Bertz CT molecular complexity index is 536. The molecule has 1 saturated heterocycles. The second kappa shape index (κ2) is 5.54. The third-order valence-electron chi connectivity index (χ3n) is 3.40. The predicted octanol–water partition coefficient (Wildman–Crippen LogP) is 3.05. The molecule has 0 bridgehead atoms. The summed E-state index contributed by atoms with van der Waals surface area (Å²) < 4.78 is 19.1. The molecule has 2 aromatic rings. The van der Waals surface area contributed by atoms with Gasteiger partial charge in [-0.2, -0.15) is 0 Å². The van der Waals surface area contributed by atoms with E-state index in [0.717, 1.165) is 16.4 Å². The van der Waals surface area contributed by atoms with Crippen LogP contribution < -0.4 is 10.6 Å². The highest BCUT2D eigenvalue weighted by Crippen LogP contribution is 2.51. The Hall–Kier alpha value is -1.02. The number of hydrogen-bond donors (Lipinski definition) is 0. The van der Waals surface area contributed by atoms with E-state index in [-0.39, 0.29) is 5.66 Å². The summed E-state index contributed by atoms with van der Waals surface area (Å²) in [6.45, 7) is 0.561. The molecule has 0 N–H and O–H groups in total. The molecule has 0 spiro atoms. The summed E-state index contributed by atoms with van der Waals surface area (Å²) in [4.78, 5) is 0. The Kier molecular flexibility index (Phi) is 3.79. The number of benzene rings is 2. The molecule has 2 nitrogen and oxygen atoms in total. The lowest BCUT2D eigenvalue weighted by atomic mass is 10.4. The van der Waals surface area contributed by atoms with E-state index in [1.54, 1.807) is 0 Å². The largest absolute Gasteiger partial charge is 0.314 e. The lowest BCUT2D eigenvalue weighted by Gasteiger charge is -2.23. The van der Waals surface area contributed by atoms with Crippen molar-refractivity contribution in [3.05, 3.63) is 60.7 Å². The second-order valence-electron chi connectivity index (χ2n) is 4.55. The summed E-state index contributed by atoms with van der Waals surface area (Å²) in [6, 6.07) is 19.6. The molecule has 0 amide bonds. The molecule has 19 heavy (non-hydrogen) atoms. The molecule has 1 heterocycles. The maximum absolute atomic E-state index is 13.7. The average molecular weight is 290 g/mol. The maximum atomic E-state index is 13.7. The predicted molar refractivity (Wildman–Crippen MR) is 82.0 cm³/mol. The highest BCUT2D eigenvalue weighted by molar-refractivity contribution is 7.95. The van der Waals surface area contributed by atoms with Crippen molar-refractivity contribution in [2.45, 2.75) is 5.66 Å². The van der Waals surface area contributed by atoms with Gasteiger partial charge in [-0.05, 0) is 12.0 Å². The molecule has 0 saturated carbocycles. The van der Waals surface area contributed by atoms with Crippen molar-refractivity contribution in [3.63, 3.8) is 0 Å². The Morgan fingerprint density at radius 1 is 0.947 bits per heavy atom. The van der Waals surface area contributed by atoms with Gasteiger partial charge in [0.25, 0.3) is 0 Å². The van der Waals surface area contributed by atoms with Gasteiger partial charge in [-0.25, -0.2) is 0 Å². The molecule has 3 rings (SSSR count). The van der Waals surface area contributed by atoms with E-state index in [1.165, 1.54) is 12.0 Å². The first-order valence-electron chi connectivity index (χ1n) is 6.27. The minimum atomic E-state index is -2.62.